The number of rotatable bonds is 5. The fourth-order valence-electron chi connectivity index (χ4n) is 4.60. The highest BCUT2D eigenvalue weighted by molar-refractivity contribution is 5.69. The van der Waals surface area contributed by atoms with Gasteiger partial charge >= 0.3 is 6.09 Å². The van der Waals surface area contributed by atoms with E-state index in [1.807, 2.05) is 4.90 Å². The van der Waals surface area contributed by atoms with Gasteiger partial charge in [0, 0.05) is 25.6 Å². The molecule has 1 aromatic rings. The second-order valence-corrected chi connectivity index (χ2v) is 7.78. The molecule has 5 heteroatoms. The van der Waals surface area contributed by atoms with E-state index in [2.05, 4.69) is 6.92 Å². The minimum atomic E-state index is -0.874. The van der Waals surface area contributed by atoms with Crippen molar-refractivity contribution in [2.24, 2.45) is 5.92 Å². The highest BCUT2D eigenvalue weighted by Crippen LogP contribution is 2.39. The third kappa shape index (κ3) is 4.03. The first-order chi connectivity index (χ1) is 12.6. The Bertz CT molecular complexity index is 600. The molecule has 1 saturated heterocycles. The largest absolute Gasteiger partial charge is 0.438 e. The van der Waals surface area contributed by atoms with Crippen LogP contribution in [-0.4, -0.2) is 35.3 Å². The lowest BCUT2D eigenvalue weighted by atomic mass is 9.84. The Morgan fingerprint density at radius 3 is 2.58 bits per heavy atom. The van der Waals surface area contributed by atoms with Crippen molar-refractivity contribution in [3.63, 3.8) is 0 Å². The molecule has 1 amide bonds. The maximum Gasteiger partial charge on any atom is 0.410 e. The summed E-state index contributed by atoms with van der Waals surface area (Å²) < 4.78 is 19.3. The van der Waals surface area contributed by atoms with Crippen LogP contribution in [0.25, 0.3) is 0 Å². The molecule has 144 valence electrons. The van der Waals surface area contributed by atoms with Gasteiger partial charge in [-0.3, -0.25) is 0 Å². The van der Waals surface area contributed by atoms with Crippen molar-refractivity contribution in [2.75, 3.05) is 13.2 Å². The monoisotopic (exact) mass is 363 g/mol. The summed E-state index contributed by atoms with van der Waals surface area (Å²) >= 11 is 0. The van der Waals surface area contributed by atoms with E-state index in [4.69, 9.17) is 4.74 Å². The Balaban J connectivity index is 1.80. The molecule has 2 atom stereocenters. The average molecular weight is 363 g/mol. The van der Waals surface area contributed by atoms with Crippen molar-refractivity contribution >= 4 is 6.09 Å². The molecule has 2 fully saturated rings. The van der Waals surface area contributed by atoms with Gasteiger partial charge in [0.1, 0.15) is 11.4 Å². The zero-order chi connectivity index (χ0) is 18.6. The third-order valence-electron chi connectivity index (χ3n) is 6.21. The molecular formula is C21H30FNO3. The van der Waals surface area contributed by atoms with Gasteiger partial charge < -0.3 is 14.7 Å². The van der Waals surface area contributed by atoms with E-state index in [0.717, 1.165) is 12.0 Å². The minimum absolute atomic E-state index is 0.0805. The third-order valence-corrected chi connectivity index (χ3v) is 6.21. The fourth-order valence-corrected chi connectivity index (χ4v) is 4.60. The first kappa shape index (κ1) is 19.2. The second kappa shape index (κ2) is 8.38. The molecule has 1 aliphatic carbocycles. The molecule has 3 rings (SSSR count). The molecule has 1 saturated carbocycles. The number of aliphatic hydroxyl groups is 1. The van der Waals surface area contributed by atoms with Crippen LogP contribution in [0.3, 0.4) is 0 Å². The van der Waals surface area contributed by atoms with Crippen molar-refractivity contribution in [2.45, 2.75) is 69.9 Å². The highest BCUT2D eigenvalue weighted by Gasteiger charge is 2.41. The molecule has 2 unspecified atom stereocenters. The Hall–Kier alpha value is -1.62. The summed E-state index contributed by atoms with van der Waals surface area (Å²) in [7, 11) is 0. The summed E-state index contributed by atoms with van der Waals surface area (Å²) in [6.07, 6.45) is 7.57. The highest BCUT2D eigenvalue weighted by atomic mass is 19.1. The zero-order valence-electron chi connectivity index (χ0n) is 15.6. The predicted octanol–water partition coefficient (Wildman–Crippen LogP) is 4.60. The number of benzene rings is 1. The summed E-state index contributed by atoms with van der Waals surface area (Å²) in [5.41, 5.74) is -0.117. The van der Waals surface area contributed by atoms with Gasteiger partial charge in [0.05, 0.1) is 0 Å². The van der Waals surface area contributed by atoms with Crippen molar-refractivity contribution in [1.29, 1.82) is 0 Å². The van der Waals surface area contributed by atoms with Gasteiger partial charge in [0.25, 0.3) is 0 Å². The van der Waals surface area contributed by atoms with Crippen LogP contribution in [0, 0.1) is 11.7 Å². The topological polar surface area (TPSA) is 49.8 Å². The number of amides is 1. The second-order valence-electron chi connectivity index (χ2n) is 7.78. The normalized spacial score (nSPS) is 26.3. The number of hydrogen-bond acceptors (Lipinski definition) is 3. The van der Waals surface area contributed by atoms with E-state index in [0.29, 0.717) is 25.3 Å². The molecular weight excluding hydrogens is 333 g/mol. The van der Waals surface area contributed by atoms with E-state index in [1.165, 1.54) is 44.2 Å². The lowest BCUT2D eigenvalue weighted by Crippen LogP contribution is -2.44. The Kier molecular flexibility index (Phi) is 6.17. The molecule has 2 aliphatic rings. The van der Waals surface area contributed by atoms with Crippen LogP contribution >= 0.6 is 0 Å². The van der Waals surface area contributed by atoms with Gasteiger partial charge in [-0.05, 0) is 56.2 Å². The number of carbonyl (C=O) groups is 1. The maximum atomic E-state index is 13.3. The van der Waals surface area contributed by atoms with Crippen LogP contribution in [-0.2, 0) is 10.3 Å². The number of carbonyl (C=O) groups excluding carboxylic acids is 1. The van der Waals surface area contributed by atoms with Gasteiger partial charge in [-0.2, -0.15) is 0 Å². The summed E-state index contributed by atoms with van der Waals surface area (Å²) in [6, 6.07) is 6.27. The standard InChI is InChI=1S/C21H30FNO3/c1-16(17-6-3-2-4-7-17)23-14-5-12-21(13-15-24,26-20(23)25)18-8-10-19(22)11-9-18/h8-11,16-17,24H,2-7,12-15H2,1H3. The van der Waals surface area contributed by atoms with Gasteiger partial charge in [-0.25, -0.2) is 9.18 Å². The minimum Gasteiger partial charge on any atom is -0.438 e. The summed E-state index contributed by atoms with van der Waals surface area (Å²) in [4.78, 5) is 14.9. The van der Waals surface area contributed by atoms with E-state index in [9.17, 15) is 14.3 Å². The number of aliphatic hydroxyl groups excluding tert-OH is 1. The smallest absolute Gasteiger partial charge is 0.410 e. The lowest BCUT2D eigenvalue weighted by molar-refractivity contribution is -0.0264. The van der Waals surface area contributed by atoms with Gasteiger partial charge in [0.15, 0.2) is 0 Å². The van der Waals surface area contributed by atoms with Crippen molar-refractivity contribution in [1.82, 2.24) is 4.90 Å². The van der Waals surface area contributed by atoms with Crippen molar-refractivity contribution in [3.05, 3.63) is 35.6 Å². The quantitative estimate of drug-likeness (QED) is 0.831. The van der Waals surface area contributed by atoms with Crippen molar-refractivity contribution in [3.8, 4) is 0 Å². The van der Waals surface area contributed by atoms with E-state index < -0.39 is 5.60 Å². The SMILES string of the molecule is CC(C1CCCCC1)N1CCCC(CCO)(c2ccc(F)cc2)OC1=O. The van der Waals surface area contributed by atoms with Crippen LogP contribution in [0.5, 0.6) is 0 Å². The first-order valence-corrected chi connectivity index (χ1v) is 9.92. The molecule has 1 N–H and O–H groups in total. The van der Waals surface area contributed by atoms with E-state index in [-0.39, 0.29) is 24.6 Å². The maximum absolute atomic E-state index is 13.3. The molecule has 1 aromatic carbocycles. The molecule has 0 aromatic heterocycles. The number of cyclic esters (lactones) is 1. The number of hydrogen-bond donors (Lipinski definition) is 1. The van der Waals surface area contributed by atoms with Crippen LogP contribution in [0.4, 0.5) is 9.18 Å². The molecule has 0 spiro atoms. The molecule has 0 bridgehead atoms. The van der Waals surface area contributed by atoms with Gasteiger partial charge in [-0.1, -0.05) is 31.4 Å². The molecule has 1 heterocycles. The molecule has 1 aliphatic heterocycles. The summed E-state index contributed by atoms with van der Waals surface area (Å²) in [6.45, 7) is 2.72. The number of halogens is 1. The summed E-state index contributed by atoms with van der Waals surface area (Å²) in [5, 5.41) is 9.58. The fraction of sp³-hybridized carbons (Fsp3) is 0.667. The van der Waals surface area contributed by atoms with Crippen LogP contribution in [0.1, 0.15) is 63.9 Å². The van der Waals surface area contributed by atoms with Crippen LogP contribution in [0.2, 0.25) is 0 Å². The molecule has 26 heavy (non-hydrogen) atoms. The first-order valence-electron chi connectivity index (χ1n) is 9.92. The average Bonchev–Trinajstić information content (AvgIpc) is 2.82. The van der Waals surface area contributed by atoms with Gasteiger partial charge in [-0.15, -0.1) is 0 Å². The lowest BCUT2D eigenvalue weighted by Gasteiger charge is -2.37. The number of ether oxygens (including phenoxy) is 1. The predicted molar refractivity (Wildman–Crippen MR) is 98.2 cm³/mol. The van der Waals surface area contributed by atoms with Gasteiger partial charge in [0.2, 0.25) is 0 Å². The Labute approximate surface area is 155 Å². The number of nitrogens with zero attached hydrogens (tertiary/aromatic N) is 1. The van der Waals surface area contributed by atoms with E-state index in [1.54, 1.807) is 12.1 Å². The van der Waals surface area contributed by atoms with Crippen LogP contribution < -0.4 is 0 Å². The summed E-state index contributed by atoms with van der Waals surface area (Å²) in [5.74, 6) is 0.216. The van der Waals surface area contributed by atoms with E-state index >= 15 is 0 Å². The van der Waals surface area contributed by atoms with Crippen LogP contribution in [0.15, 0.2) is 24.3 Å². The zero-order valence-corrected chi connectivity index (χ0v) is 15.6. The Morgan fingerprint density at radius 2 is 1.92 bits per heavy atom. The van der Waals surface area contributed by atoms with Crippen molar-refractivity contribution < 1.29 is 19.0 Å². The Morgan fingerprint density at radius 1 is 1.23 bits per heavy atom. The molecule has 0 radical (unpaired) electrons. The molecule has 4 nitrogen and oxygen atoms in total.